The Morgan fingerprint density at radius 2 is 1.65 bits per heavy atom. The molecular weight excluding hydrogens is 438 g/mol. The van der Waals surface area contributed by atoms with Gasteiger partial charge in [-0.3, -0.25) is 9.36 Å². The predicted octanol–water partition coefficient (Wildman–Crippen LogP) is 4.45. The fourth-order valence-electron chi connectivity index (χ4n) is 4.53. The molecule has 1 N–H and O–H groups in total. The van der Waals surface area contributed by atoms with Gasteiger partial charge in [0.15, 0.2) is 0 Å². The standard InChI is InChI=1S/C26H24F2N4O2/c1-16-9-10-32(26(34)31-13-11-30(2)12-14-31)22(16)15-18-23-17(5-3-8-21(23)29-25(18)33)24-19(27)6-4-7-20(24)28/h3-10,15H,11-14H2,1-2H3,(H,29,33)/b18-15-. The molecule has 1 fully saturated rings. The number of fused-ring (bicyclic) bond motifs is 1. The van der Waals surface area contributed by atoms with E-state index in [0.717, 1.165) is 18.7 Å². The first kappa shape index (κ1) is 22.0. The number of halogens is 2. The fourth-order valence-corrected chi connectivity index (χ4v) is 4.53. The van der Waals surface area contributed by atoms with Gasteiger partial charge < -0.3 is 15.1 Å². The minimum absolute atomic E-state index is 0.167. The third kappa shape index (κ3) is 3.70. The zero-order valence-corrected chi connectivity index (χ0v) is 18.9. The number of aromatic nitrogens is 1. The van der Waals surface area contributed by atoms with Crippen molar-refractivity contribution >= 4 is 29.3 Å². The van der Waals surface area contributed by atoms with Crippen molar-refractivity contribution in [2.45, 2.75) is 6.92 Å². The highest BCUT2D eigenvalue weighted by atomic mass is 19.1. The molecule has 1 aromatic heterocycles. The van der Waals surface area contributed by atoms with E-state index in [-0.39, 0.29) is 22.7 Å². The summed E-state index contributed by atoms with van der Waals surface area (Å²) >= 11 is 0. The number of hydrogen-bond acceptors (Lipinski definition) is 3. The van der Waals surface area contributed by atoms with Crippen LogP contribution in [0.25, 0.3) is 22.8 Å². The maximum Gasteiger partial charge on any atom is 0.328 e. The number of carbonyl (C=O) groups excluding carboxylic acids is 2. The van der Waals surface area contributed by atoms with Crippen LogP contribution in [-0.4, -0.2) is 59.5 Å². The van der Waals surface area contributed by atoms with Crippen LogP contribution in [0.1, 0.15) is 16.8 Å². The van der Waals surface area contributed by atoms with Gasteiger partial charge >= 0.3 is 6.03 Å². The molecule has 6 nitrogen and oxygen atoms in total. The molecule has 0 spiro atoms. The number of carbonyl (C=O) groups is 2. The Labute approximate surface area is 196 Å². The minimum Gasteiger partial charge on any atom is -0.321 e. The van der Waals surface area contributed by atoms with Crippen molar-refractivity contribution in [2.75, 3.05) is 38.5 Å². The van der Waals surface area contributed by atoms with E-state index in [1.165, 1.54) is 22.8 Å². The van der Waals surface area contributed by atoms with Crippen molar-refractivity contribution in [3.05, 3.63) is 77.1 Å². The maximum atomic E-state index is 14.7. The predicted molar refractivity (Wildman–Crippen MR) is 127 cm³/mol. The third-order valence-corrected chi connectivity index (χ3v) is 6.46. The molecule has 0 unspecified atom stereocenters. The highest BCUT2D eigenvalue weighted by Crippen LogP contribution is 2.42. The average Bonchev–Trinajstić information content (AvgIpc) is 3.33. The smallest absolute Gasteiger partial charge is 0.321 e. The van der Waals surface area contributed by atoms with Crippen molar-refractivity contribution in [1.29, 1.82) is 0 Å². The van der Waals surface area contributed by atoms with Crippen LogP contribution >= 0.6 is 0 Å². The van der Waals surface area contributed by atoms with Crippen molar-refractivity contribution in [3.8, 4) is 11.1 Å². The molecule has 2 aliphatic heterocycles. The number of amides is 2. The van der Waals surface area contributed by atoms with Gasteiger partial charge in [0.2, 0.25) is 0 Å². The zero-order chi connectivity index (χ0) is 24.0. The largest absolute Gasteiger partial charge is 0.328 e. The number of likely N-dealkylation sites (N-methyl/N-ethyl adjacent to an activating group) is 1. The molecule has 0 atom stereocenters. The third-order valence-electron chi connectivity index (χ3n) is 6.46. The molecule has 1 saturated heterocycles. The number of nitrogens with zero attached hydrogens (tertiary/aromatic N) is 3. The lowest BCUT2D eigenvalue weighted by molar-refractivity contribution is -0.110. The SMILES string of the molecule is Cc1ccn(C(=O)N2CCN(C)CC2)c1/C=C1\C(=O)Nc2cccc(-c3c(F)cccc3F)c21. The van der Waals surface area contributed by atoms with Gasteiger partial charge in [-0.2, -0.15) is 0 Å². The van der Waals surface area contributed by atoms with Crippen LogP contribution in [0.15, 0.2) is 48.7 Å². The number of nitrogens with one attached hydrogen (secondary N) is 1. The molecule has 0 radical (unpaired) electrons. The lowest BCUT2D eigenvalue weighted by Crippen LogP contribution is -2.48. The van der Waals surface area contributed by atoms with Gasteiger partial charge in [0.25, 0.3) is 5.91 Å². The van der Waals surface area contributed by atoms with Gasteiger partial charge in [0, 0.05) is 43.6 Å². The van der Waals surface area contributed by atoms with Crippen LogP contribution in [0.2, 0.25) is 0 Å². The van der Waals surface area contributed by atoms with E-state index < -0.39 is 17.5 Å². The molecule has 3 aromatic rings. The van der Waals surface area contributed by atoms with Gasteiger partial charge in [0.1, 0.15) is 11.6 Å². The molecule has 2 amide bonds. The summed E-state index contributed by atoms with van der Waals surface area (Å²) in [5.41, 5.74) is 2.59. The summed E-state index contributed by atoms with van der Waals surface area (Å²) < 4.78 is 30.8. The summed E-state index contributed by atoms with van der Waals surface area (Å²) in [7, 11) is 2.02. The molecule has 2 aliphatic rings. The van der Waals surface area contributed by atoms with E-state index >= 15 is 0 Å². The second-order valence-electron chi connectivity index (χ2n) is 8.66. The second kappa shape index (κ2) is 8.53. The minimum atomic E-state index is -0.711. The lowest BCUT2D eigenvalue weighted by Gasteiger charge is -2.32. The van der Waals surface area contributed by atoms with Crippen LogP contribution in [0.5, 0.6) is 0 Å². The number of rotatable bonds is 2. The van der Waals surface area contributed by atoms with E-state index in [9.17, 15) is 18.4 Å². The van der Waals surface area contributed by atoms with Crippen molar-refractivity contribution in [3.63, 3.8) is 0 Å². The number of piperazine rings is 1. The summed E-state index contributed by atoms with van der Waals surface area (Å²) in [6.07, 6.45) is 3.32. The number of aryl methyl sites for hydroxylation is 1. The molecule has 0 aliphatic carbocycles. The molecule has 2 aromatic carbocycles. The molecule has 5 rings (SSSR count). The lowest BCUT2D eigenvalue weighted by atomic mass is 9.93. The number of hydrogen-bond donors (Lipinski definition) is 1. The van der Waals surface area contributed by atoms with Gasteiger partial charge in [-0.15, -0.1) is 0 Å². The van der Waals surface area contributed by atoms with E-state index in [2.05, 4.69) is 10.2 Å². The van der Waals surface area contributed by atoms with Crippen LogP contribution < -0.4 is 5.32 Å². The van der Waals surface area contributed by atoms with Gasteiger partial charge in [-0.25, -0.2) is 13.6 Å². The first-order valence-electron chi connectivity index (χ1n) is 11.1. The first-order chi connectivity index (χ1) is 16.3. The van der Waals surface area contributed by atoms with Crippen LogP contribution in [-0.2, 0) is 4.79 Å². The monoisotopic (exact) mass is 462 g/mol. The maximum absolute atomic E-state index is 14.7. The highest BCUT2D eigenvalue weighted by molar-refractivity contribution is 6.36. The molecule has 34 heavy (non-hydrogen) atoms. The number of anilines is 1. The fraction of sp³-hybridized carbons (Fsp3) is 0.231. The van der Waals surface area contributed by atoms with E-state index in [1.54, 1.807) is 35.4 Å². The summed E-state index contributed by atoms with van der Waals surface area (Å²) in [6, 6.07) is 10.3. The molecule has 174 valence electrons. The topological polar surface area (TPSA) is 57.6 Å². The Balaban J connectivity index is 1.61. The summed E-state index contributed by atoms with van der Waals surface area (Å²) in [5.74, 6) is -1.81. The molecular formula is C26H24F2N4O2. The Hall–Kier alpha value is -3.78. The Morgan fingerprint density at radius 1 is 0.971 bits per heavy atom. The Morgan fingerprint density at radius 3 is 2.35 bits per heavy atom. The Kier molecular flexibility index (Phi) is 5.53. The highest BCUT2D eigenvalue weighted by Gasteiger charge is 2.30. The van der Waals surface area contributed by atoms with Crippen LogP contribution in [0.3, 0.4) is 0 Å². The van der Waals surface area contributed by atoms with E-state index in [1.807, 2.05) is 20.0 Å². The summed E-state index contributed by atoms with van der Waals surface area (Å²) in [4.78, 5) is 30.2. The van der Waals surface area contributed by atoms with E-state index in [4.69, 9.17) is 0 Å². The van der Waals surface area contributed by atoms with Gasteiger partial charge in [-0.05, 0) is 55.4 Å². The van der Waals surface area contributed by atoms with Crippen molar-refractivity contribution < 1.29 is 18.4 Å². The van der Waals surface area contributed by atoms with Crippen LogP contribution in [0.4, 0.5) is 19.3 Å². The molecule has 3 heterocycles. The second-order valence-corrected chi connectivity index (χ2v) is 8.66. The number of benzene rings is 2. The Bertz CT molecular complexity index is 1320. The quantitative estimate of drug-likeness (QED) is 0.573. The van der Waals surface area contributed by atoms with Gasteiger partial charge in [-0.1, -0.05) is 18.2 Å². The van der Waals surface area contributed by atoms with Crippen molar-refractivity contribution in [1.82, 2.24) is 14.4 Å². The first-order valence-corrected chi connectivity index (χ1v) is 11.1. The molecule has 8 heteroatoms. The average molecular weight is 463 g/mol. The molecule has 0 bridgehead atoms. The normalized spacial score (nSPS) is 17.2. The molecule has 0 saturated carbocycles. The van der Waals surface area contributed by atoms with Crippen LogP contribution in [0, 0.1) is 18.6 Å². The summed E-state index contributed by atoms with van der Waals surface area (Å²) in [5, 5.41) is 2.78. The van der Waals surface area contributed by atoms with Gasteiger partial charge in [0.05, 0.1) is 16.8 Å². The zero-order valence-electron chi connectivity index (χ0n) is 18.9. The van der Waals surface area contributed by atoms with Crippen molar-refractivity contribution in [2.24, 2.45) is 0 Å². The van der Waals surface area contributed by atoms with E-state index in [0.29, 0.717) is 30.0 Å². The summed E-state index contributed by atoms with van der Waals surface area (Å²) in [6.45, 7) is 4.66.